The van der Waals surface area contributed by atoms with Gasteiger partial charge >= 0.3 is 0 Å². The van der Waals surface area contributed by atoms with Crippen LogP contribution in [0.2, 0.25) is 0 Å². The van der Waals surface area contributed by atoms with Gasteiger partial charge in [0, 0.05) is 31.2 Å². The summed E-state index contributed by atoms with van der Waals surface area (Å²) in [6, 6.07) is 8.79. The van der Waals surface area contributed by atoms with Gasteiger partial charge in [-0.15, -0.1) is 0 Å². The Morgan fingerprint density at radius 3 is 2.63 bits per heavy atom. The number of aryl methyl sites for hydroxylation is 2. The van der Waals surface area contributed by atoms with Crippen molar-refractivity contribution < 1.29 is 0 Å². The first-order valence-corrected chi connectivity index (χ1v) is 7.10. The number of imidazole rings is 1. The molecule has 1 N–H and O–H groups in total. The largest absolute Gasteiger partial charge is 0.383 e. The van der Waals surface area contributed by atoms with E-state index in [9.17, 15) is 0 Å². The first kappa shape index (κ1) is 13.7. The zero-order chi connectivity index (χ0) is 13.5. The van der Waals surface area contributed by atoms with Crippen LogP contribution in [0.3, 0.4) is 0 Å². The molecule has 0 unspecified atom stereocenters. The van der Waals surface area contributed by atoms with Crippen molar-refractivity contribution in [2.45, 2.75) is 39.7 Å². The second-order valence-corrected chi connectivity index (χ2v) is 4.90. The quantitative estimate of drug-likeness (QED) is 0.820. The average molecular weight is 257 g/mol. The standard InChI is InChI=1S/C16H23N3/c1-3-4-5-15-6-8-16(9-7-15)18-11-13-19-12-10-17-14(19)2/h6-10,12,18H,3-5,11,13H2,1-2H3. The van der Waals surface area contributed by atoms with E-state index in [1.807, 2.05) is 19.3 Å². The Bertz CT molecular complexity index is 485. The van der Waals surface area contributed by atoms with Gasteiger partial charge < -0.3 is 9.88 Å². The van der Waals surface area contributed by atoms with E-state index < -0.39 is 0 Å². The summed E-state index contributed by atoms with van der Waals surface area (Å²) < 4.78 is 2.16. The maximum atomic E-state index is 4.22. The average Bonchev–Trinajstić information content (AvgIpc) is 2.84. The molecule has 3 heteroatoms. The molecule has 0 amide bonds. The summed E-state index contributed by atoms with van der Waals surface area (Å²) in [7, 11) is 0. The second-order valence-electron chi connectivity index (χ2n) is 4.90. The van der Waals surface area contributed by atoms with Crippen LogP contribution >= 0.6 is 0 Å². The Labute approximate surface area is 115 Å². The minimum absolute atomic E-state index is 0.922. The molecule has 19 heavy (non-hydrogen) atoms. The molecule has 0 aliphatic carbocycles. The molecule has 1 aromatic heterocycles. The first-order valence-electron chi connectivity index (χ1n) is 7.10. The highest BCUT2D eigenvalue weighted by atomic mass is 15.1. The molecule has 0 fully saturated rings. The lowest BCUT2D eigenvalue weighted by molar-refractivity contribution is 0.701. The monoisotopic (exact) mass is 257 g/mol. The van der Waals surface area contributed by atoms with Gasteiger partial charge in [-0.1, -0.05) is 25.5 Å². The molecule has 0 radical (unpaired) electrons. The minimum Gasteiger partial charge on any atom is -0.383 e. The van der Waals surface area contributed by atoms with Gasteiger partial charge in [-0.25, -0.2) is 4.98 Å². The Balaban J connectivity index is 1.78. The van der Waals surface area contributed by atoms with Gasteiger partial charge in [0.15, 0.2) is 0 Å². The van der Waals surface area contributed by atoms with Crippen molar-refractivity contribution in [1.82, 2.24) is 9.55 Å². The number of anilines is 1. The topological polar surface area (TPSA) is 29.9 Å². The van der Waals surface area contributed by atoms with E-state index in [2.05, 4.69) is 46.1 Å². The highest BCUT2D eigenvalue weighted by Gasteiger charge is 1.97. The molecule has 2 aromatic rings. The molecule has 3 nitrogen and oxygen atoms in total. The predicted octanol–water partition coefficient (Wildman–Crippen LogP) is 3.65. The van der Waals surface area contributed by atoms with Crippen molar-refractivity contribution in [3.63, 3.8) is 0 Å². The number of benzene rings is 1. The fraction of sp³-hybridized carbons (Fsp3) is 0.438. The van der Waals surface area contributed by atoms with E-state index in [4.69, 9.17) is 0 Å². The third-order valence-electron chi connectivity index (χ3n) is 3.38. The molecule has 0 saturated carbocycles. The van der Waals surface area contributed by atoms with Gasteiger partial charge in [0.1, 0.15) is 5.82 Å². The molecule has 102 valence electrons. The van der Waals surface area contributed by atoms with Gasteiger partial charge in [-0.2, -0.15) is 0 Å². The summed E-state index contributed by atoms with van der Waals surface area (Å²) in [6.07, 6.45) is 7.57. The van der Waals surface area contributed by atoms with Crippen LogP contribution in [0.4, 0.5) is 5.69 Å². The molecule has 0 aliphatic heterocycles. The van der Waals surface area contributed by atoms with Crippen LogP contribution in [0.1, 0.15) is 31.2 Å². The van der Waals surface area contributed by atoms with E-state index in [-0.39, 0.29) is 0 Å². The maximum absolute atomic E-state index is 4.22. The number of rotatable bonds is 7. The lowest BCUT2D eigenvalue weighted by atomic mass is 10.1. The van der Waals surface area contributed by atoms with Crippen LogP contribution < -0.4 is 5.32 Å². The highest BCUT2D eigenvalue weighted by molar-refractivity contribution is 5.44. The van der Waals surface area contributed by atoms with Crippen molar-refractivity contribution >= 4 is 5.69 Å². The molecule has 1 aromatic carbocycles. The Morgan fingerprint density at radius 1 is 1.21 bits per heavy atom. The number of hydrogen-bond acceptors (Lipinski definition) is 2. The van der Waals surface area contributed by atoms with Gasteiger partial charge in [-0.3, -0.25) is 0 Å². The van der Waals surface area contributed by atoms with Gasteiger partial charge in [0.2, 0.25) is 0 Å². The molecule has 1 heterocycles. The molecular weight excluding hydrogens is 234 g/mol. The smallest absolute Gasteiger partial charge is 0.105 e. The van der Waals surface area contributed by atoms with Crippen LogP contribution in [0.15, 0.2) is 36.7 Å². The van der Waals surface area contributed by atoms with Crippen molar-refractivity contribution in [3.05, 3.63) is 48.0 Å². The molecule has 0 atom stereocenters. The maximum Gasteiger partial charge on any atom is 0.105 e. The van der Waals surface area contributed by atoms with E-state index in [0.717, 1.165) is 18.9 Å². The third-order valence-corrected chi connectivity index (χ3v) is 3.38. The van der Waals surface area contributed by atoms with Crippen LogP contribution in [-0.2, 0) is 13.0 Å². The summed E-state index contributed by atoms with van der Waals surface area (Å²) >= 11 is 0. The van der Waals surface area contributed by atoms with Crippen molar-refractivity contribution in [2.24, 2.45) is 0 Å². The summed E-state index contributed by atoms with van der Waals surface area (Å²) in [6.45, 7) is 6.13. The number of unbranched alkanes of at least 4 members (excludes halogenated alkanes) is 1. The number of nitrogens with one attached hydrogen (secondary N) is 1. The van der Waals surface area contributed by atoms with Gasteiger partial charge in [-0.05, 0) is 37.5 Å². The zero-order valence-corrected chi connectivity index (χ0v) is 11.9. The normalized spacial score (nSPS) is 10.6. The fourth-order valence-corrected chi connectivity index (χ4v) is 2.13. The SMILES string of the molecule is CCCCc1ccc(NCCn2ccnc2C)cc1. The summed E-state index contributed by atoms with van der Waals surface area (Å²) in [5.41, 5.74) is 2.62. The van der Waals surface area contributed by atoms with Crippen molar-refractivity contribution in [1.29, 1.82) is 0 Å². The zero-order valence-electron chi connectivity index (χ0n) is 11.9. The second kappa shape index (κ2) is 6.98. The van der Waals surface area contributed by atoms with Gasteiger partial charge in [0.25, 0.3) is 0 Å². The van der Waals surface area contributed by atoms with E-state index in [0.29, 0.717) is 0 Å². The fourth-order valence-electron chi connectivity index (χ4n) is 2.13. The molecule has 0 saturated heterocycles. The molecular formula is C16H23N3. The van der Waals surface area contributed by atoms with Crippen LogP contribution in [0.5, 0.6) is 0 Å². The Kier molecular flexibility index (Phi) is 5.01. The summed E-state index contributed by atoms with van der Waals surface area (Å²) in [5, 5.41) is 3.44. The highest BCUT2D eigenvalue weighted by Crippen LogP contribution is 2.11. The molecule has 2 rings (SSSR count). The number of aromatic nitrogens is 2. The van der Waals surface area contributed by atoms with Crippen LogP contribution in [0, 0.1) is 6.92 Å². The van der Waals surface area contributed by atoms with E-state index in [1.165, 1.54) is 30.5 Å². The number of hydrogen-bond donors (Lipinski definition) is 1. The lowest BCUT2D eigenvalue weighted by Gasteiger charge is -2.09. The molecule has 0 aliphatic rings. The van der Waals surface area contributed by atoms with Gasteiger partial charge in [0.05, 0.1) is 0 Å². The minimum atomic E-state index is 0.922. The first-order chi connectivity index (χ1) is 9.29. The lowest BCUT2D eigenvalue weighted by Crippen LogP contribution is -2.10. The van der Waals surface area contributed by atoms with Crippen molar-refractivity contribution in [2.75, 3.05) is 11.9 Å². The summed E-state index contributed by atoms with van der Waals surface area (Å²) in [5.74, 6) is 1.07. The van der Waals surface area contributed by atoms with Crippen LogP contribution in [-0.4, -0.2) is 16.1 Å². The van der Waals surface area contributed by atoms with E-state index in [1.54, 1.807) is 0 Å². The molecule has 0 spiro atoms. The number of nitrogens with zero attached hydrogens (tertiary/aromatic N) is 2. The summed E-state index contributed by atoms with van der Waals surface area (Å²) in [4.78, 5) is 4.22. The van der Waals surface area contributed by atoms with Crippen LogP contribution in [0.25, 0.3) is 0 Å². The molecule has 0 bridgehead atoms. The Morgan fingerprint density at radius 2 is 2.00 bits per heavy atom. The van der Waals surface area contributed by atoms with Crippen molar-refractivity contribution in [3.8, 4) is 0 Å². The Hall–Kier alpha value is -1.77. The third kappa shape index (κ3) is 4.12. The van der Waals surface area contributed by atoms with E-state index >= 15 is 0 Å². The predicted molar refractivity (Wildman–Crippen MR) is 80.5 cm³/mol.